The minimum absolute atomic E-state index is 0.147. The zero-order chi connectivity index (χ0) is 10.6. The molecular weight excluding hydrogens is 198 g/mol. The quantitative estimate of drug-likeness (QED) is 0.614. The largest absolute Gasteiger partial charge is 0.461 e. The molecule has 0 saturated carbocycles. The topological polar surface area (TPSA) is 52.3 Å². The van der Waals surface area contributed by atoms with Gasteiger partial charge in [0.2, 0.25) is 0 Å². The summed E-state index contributed by atoms with van der Waals surface area (Å²) in [4.78, 5) is 13.3. The molecule has 0 unspecified atom stereocenters. The Hall–Kier alpha value is -1.29. The van der Waals surface area contributed by atoms with Crippen molar-refractivity contribution in [1.29, 1.82) is 0 Å². The van der Waals surface area contributed by atoms with Crippen LogP contribution in [0.3, 0.4) is 0 Å². The maximum absolute atomic E-state index is 11.1. The van der Waals surface area contributed by atoms with Crippen LogP contribution in [-0.4, -0.2) is 12.6 Å². The van der Waals surface area contributed by atoms with E-state index in [2.05, 4.69) is 0 Å². The molecule has 1 rings (SSSR count). The van der Waals surface area contributed by atoms with Crippen LogP contribution in [0.2, 0.25) is 0 Å². The first-order chi connectivity index (χ1) is 6.63. The highest BCUT2D eigenvalue weighted by atomic mass is 32.1. The third kappa shape index (κ3) is 2.88. The molecule has 0 bridgehead atoms. The molecule has 0 fully saturated rings. The van der Waals surface area contributed by atoms with Gasteiger partial charge in [0.25, 0.3) is 0 Å². The number of carbonyl (C=O) groups is 1. The smallest absolute Gasteiger partial charge is 0.354 e. The Morgan fingerprint density at radius 2 is 2.36 bits per heavy atom. The molecule has 0 spiro atoms. The van der Waals surface area contributed by atoms with Gasteiger partial charge in [0.05, 0.1) is 6.61 Å². The Morgan fingerprint density at radius 3 is 2.86 bits per heavy atom. The molecule has 0 aliphatic heterocycles. The van der Waals surface area contributed by atoms with Crippen molar-refractivity contribution in [3.63, 3.8) is 0 Å². The second-order valence-corrected chi connectivity index (χ2v) is 4.09. The third-order valence-electron chi connectivity index (χ3n) is 1.57. The number of hydrogen-bond acceptors (Lipinski definition) is 4. The van der Waals surface area contributed by atoms with Crippen LogP contribution in [0.4, 0.5) is 0 Å². The molecule has 1 heterocycles. The number of thiophene rings is 1. The van der Waals surface area contributed by atoms with Gasteiger partial charge < -0.3 is 10.5 Å². The average Bonchev–Trinajstić information content (AvgIpc) is 2.51. The van der Waals surface area contributed by atoms with Crippen LogP contribution in [-0.2, 0) is 9.53 Å². The molecule has 2 N–H and O–H groups in total. The van der Waals surface area contributed by atoms with Crippen LogP contribution in [0.1, 0.15) is 16.7 Å². The zero-order valence-corrected chi connectivity index (χ0v) is 9.06. The van der Waals surface area contributed by atoms with E-state index in [-0.39, 0.29) is 5.70 Å². The Morgan fingerprint density at radius 1 is 1.64 bits per heavy atom. The fraction of sp³-hybridized carbons (Fsp3) is 0.300. The highest BCUT2D eigenvalue weighted by molar-refractivity contribution is 7.12. The normalized spacial score (nSPS) is 11.4. The van der Waals surface area contributed by atoms with E-state index >= 15 is 0 Å². The molecule has 1 aromatic heterocycles. The van der Waals surface area contributed by atoms with Gasteiger partial charge in [0.1, 0.15) is 5.70 Å². The van der Waals surface area contributed by atoms with Gasteiger partial charge in [-0.25, -0.2) is 4.79 Å². The molecule has 3 nitrogen and oxygen atoms in total. The number of carbonyl (C=O) groups excluding carboxylic acids is 1. The fourth-order valence-corrected chi connectivity index (χ4v) is 1.79. The highest BCUT2D eigenvalue weighted by Crippen LogP contribution is 2.17. The number of hydrogen-bond donors (Lipinski definition) is 1. The van der Waals surface area contributed by atoms with E-state index in [0.29, 0.717) is 6.61 Å². The van der Waals surface area contributed by atoms with Crippen LogP contribution in [0.5, 0.6) is 0 Å². The van der Waals surface area contributed by atoms with Crippen LogP contribution in [0.15, 0.2) is 17.8 Å². The van der Waals surface area contributed by atoms with Crippen LogP contribution in [0.25, 0.3) is 6.08 Å². The summed E-state index contributed by atoms with van der Waals surface area (Å²) in [6.45, 7) is 4.10. The van der Waals surface area contributed by atoms with Gasteiger partial charge in [-0.05, 0) is 32.1 Å². The summed E-state index contributed by atoms with van der Waals surface area (Å²) in [6, 6.07) is 3.90. The van der Waals surface area contributed by atoms with Crippen molar-refractivity contribution in [3.8, 4) is 0 Å². The van der Waals surface area contributed by atoms with E-state index in [1.807, 2.05) is 19.1 Å². The summed E-state index contributed by atoms with van der Waals surface area (Å²) >= 11 is 1.59. The Kier molecular flexibility index (Phi) is 3.71. The summed E-state index contributed by atoms with van der Waals surface area (Å²) < 4.78 is 4.76. The molecular formula is C10H13NO2S. The van der Waals surface area contributed by atoms with Gasteiger partial charge in [0.15, 0.2) is 0 Å². The van der Waals surface area contributed by atoms with E-state index in [0.717, 1.165) is 4.88 Å². The number of esters is 1. The van der Waals surface area contributed by atoms with Crippen LogP contribution >= 0.6 is 11.3 Å². The molecule has 0 atom stereocenters. The molecule has 1 aromatic rings. The van der Waals surface area contributed by atoms with Gasteiger partial charge in [-0.2, -0.15) is 0 Å². The lowest BCUT2D eigenvalue weighted by Crippen LogP contribution is -2.14. The average molecular weight is 211 g/mol. The van der Waals surface area contributed by atoms with Crippen molar-refractivity contribution in [2.45, 2.75) is 13.8 Å². The second kappa shape index (κ2) is 4.81. The number of aryl methyl sites for hydroxylation is 1. The monoisotopic (exact) mass is 211 g/mol. The zero-order valence-electron chi connectivity index (χ0n) is 8.24. The number of ether oxygens (including phenoxy) is 1. The summed E-state index contributed by atoms with van der Waals surface area (Å²) in [5.74, 6) is -0.460. The van der Waals surface area contributed by atoms with Gasteiger partial charge in [0, 0.05) is 9.75 Å². The van der Waals surface area contributed by atoms with Gasteiger partial charge in [-0.1, -0.05) is 0 Å². The molecule has 0 aromatic carbocycles. The number of rotatable bonds is 3. The number of nitrogens with two attached hydrogens (primary N) is 1. The Labute approximate surface area is 87.2 Å². The van der Waals surface area contributed by atoms with Crippen LogP contribution < -0.4 is 5.73 Å². The van der Waals surface area contributed by atoms with Gasteiger partial charge in [-0.15, -0.1) is 11.3 Å². The van der Waals surface area contributed by atoms with Crippen molar-refractivity contribution in [1.82, 2.24) is 0 Å². The lowest BCUT2D eigenvalue weighted by molar-refractivity contribution is -0.138. The van der Waals surface area contributed by atoms with E-state index in [1.165, 1.54) is 4.88 Å². The molecule has 0 aliphatic carbocycles. The molecule has 0 radical (unpaired) electrons. The first-order valence-corrected chi connectivity index (χ1v) is 5.16. The predicted molar refractivity (Wildman–Crippen MR) is 57.9 cm³/mol. The predicted octanol–water partition coefficient (Wildman–Crippen LogP) is 1.92. The molecule has 76 valence electrons. The highest BCUT2D eigenvalue weighted by Gasteiger charge is 2.05. The Balaban J connectivity index is 2.73. The Bertz CT molecular complexity index is 355. The van der Waals surface area contributed by atoms with E-state index in [4.69, 9.17) is 10.5 Å². The summed E-state index contributed by atoms with van der Waals surface area (Å²) in [5, 5.41) is 0. The van der Waals surface area contributed by atoms with E-state index < -0.39 is 5.97 Å². The molecule has 0 amide bonds. The molecule has 14 heavy (non-hydrogen) atoms. The summed E-state index contributed by atoms with van der Waals surface area (Å²) in [5.41, 5.74) is 5.68. The summed E-state index contributed by atoms with van der Waals surface area (Å²) in [6.07, 6.45) is 1.63. The van der Waals surface area contributed by atoms with Gasteiger partial charge >= 0.3 is 5.97 Å². The first-order valence-electron chi connectivity index (χ1n) is 4.34. The van der Waals surface area contributed by atoms with E-state index in [9.17, 15) is 4.79 Å². The second-order valence-electron chi connectivity index (χ2n) is 2.77. The van der Waals surface area contributed by atoms with Crippen molar-refractivity contribution < 1.29 is 9.53 Å². The van der Waals surface area contributed by atoms with E-state index in [1.54, 1.807) is 24.3 Å². The molecule has 0 aliphatic rings. The standard InChI is InChI=1S/C10H13NO2S/c1-3-13-10(12)9(11)6-8-5-4-7(2)14-8/h4-6H,3,11H2,1-2H3/b9-6+. The maximum atomic E-state index is 11.1. The fourth-order valence-electron chi connectivity index (χ4n) is 0.958. The maximum Gasteiger partial charge on any atom is 0.354 e. The molecule has 0 saturated heterocycles. The third-order valence-corrected chi connectivity index (χ3v) is 2.52. The van der Waals surface area contributed by atoms with Gasteiger partial charge in [-0.3, -0.25) is 0 Å². The minimum Gasteiger partial charge on any atom is -0.461 e. The van der Waals surface area contributed by atoms with Crippen molar-refractivity contribution >= 4 is 23.4 Å². The minimum atomic E-state index is -0.460. The SMILES string of the molecule is CCOC(=O)/C(N)=C\c1ccc(C)s1. The lowest BCUT2D eigenvalue weighted by atomic mass is 10.3. The molecule has 4 heteroatoms. The van der Waals surface area contributed by atoms with Crippen molar-refractivity contribution in [2.24, 2.45) is 5.73 Å². The van der Waals surface area contributed by atoms with Crippen LogP contribution in [0, 0.1) is 6.92 Å². The van der Waals surface area contributed by atoms with Crippen molar-refractivity contribution in [2.75, 3.05) is 6.61 Å². The lowest BCUT2D eigenvalue weighted by Gasteiger charge is -1.99. The summed E-state index contributed by atoms with van der Waals surface area (Å²) in [7, 11) is 0. The first kappa shape index (κ1) is 10.8. The van der Waals surface area contributed by atoms with Crippen molar-refractivity contribution in [3.05, 3.63) is 27.6 Å².